The van der Waals surface area contributed by atoms with Gasteiger partial charge in [0, 0.05) is 13.1 Å². The van der Waals surface area contributed by atoms with Gasteiger partial charge in [0.1, 0.15) is 0 Å². The van der Waals surface area contributed by atoms with Gasteiger partial charge in [0.2, 0.25) is 5.91 Å². The molecule has 0 aliphatic carbocycles. The van der Waals surface area contributed by atoms with Crippen LogP contribution < -0.4 is 5.32 Å². The maximum absolute atomic E-state index is 12.4. The van der Waals surface area contributed by atoms with Crippen LogP contribution in [-0.4, -0.2) is 54.4 Å². The van der Waals surface area contributed by atoms with Crippen LogP contribution in [0, 0.1) is 5.92 Å². The molecule has 0 rings (SSSR count). The average molecular weight is 284 g/mol. The summed E-state index contributed by atoms with van der Waals surface area (Å²) in [7, 11) is 0. The molecule has 2 N–H and O–H groups in total. The third-order valence-corrected chi connectivity index (χ3v) is 2.72. The molecule has 0 bridgehead atoms. The van der Waals surface area contributed by atoms with E-state index in [0.29, 0.717) is 12.5 Å². The van der Waals surface area contributed by atoms with Crippen LogP contribution >= 0.6 is 0 Å². The highest BCUT2D eigenvalue weighted by molar-refractivity contribution is 5.81. The maximum atomic E-state index is 12.4. The number of aliphatic hydroxyl groups excluding tert-OH is 1. The zero-order chi connectivity index (χ0) is 15.1. The normalized spacial score (nSPS) is 13.9. The van der Waals surface area contributed by atoms with Gasteiger partial charge in [-0.1, -0.05) is 13.8 Å². The number of nitrogens with zero attached hydrogens (tertiary/aromatic N) is 1. The van der Waals surface area contributed by atoms with Gasteiger partial charge in [-0.2, -0.15) is 13.2 Å². The van der Waals surface area contributed by atoms with Gasteiger partial charge in [0.05, 0.1) is 19.2 Å². The van der Waals surface area contributed by atoms with Crippen molar-refractivity contribution in [1.82, 2.24) is 10.2 Å². The Labute approximate surface area is 112 Å². The number of hydrogen-bond donors (Lipinski definition) is 2. The van der Waals surface area contributed by atoms with Gasteiger partial charge in [0.15, 0.2) is 0 Å². The van der Waals surface area contributed by atoms with Crippen molar-refractivity contribution in [2.45, 2.75) is 39.4 Å². The summed E-state index contributed by atoms with van der Waals surface area (Å²) in [6.07, 6.45) is -3.61. The van der Waals surface area contributed by atoms with Gasteiger partial charge in [-0.15, -0.1) is 0 Å². The Kier molecular flexibility index (Phi) is 8.01. The van der Waals surface area contributed by atoms with Crippen molar-refractivity contribution < 1.29 is 23.1 Å². The second-order valence-electron chi connectivity index (χ2n) is 4.96. The number of halogens is 3. The molecular weight excluding hydrogens is 261 g/mol. The molecule has 0 aromatic rings. The summed E-state index contributed by atoms with van der Waals surface area (Å²) in [4.78, 5) is 12.6. The maximum Gasteiger partial charge on any atom is 0.401 e. The van der Waals surface area contributed by atoms with E-state index in [9.17, 15) is 18.0 Å². The summed E-state index contributed by atoms with van der Waals surface area (Å²) in [5.41, 5.74) is 0. The Morgan fingerprint density at radius 2 is 1.89 bits per heavy atom. The topological polar surface area (TPSA) is 52.6 Å². The molecule has 4 nitrogen and oxygen atoms in total. The third kappa shape index (κ3) is 8.83. The minimum Gasteiger partial charge on any atom is -0.395 e. The van der Waals surface area contributed by atoms with Crippen LogP contribution in [0.4, 0.5) is 13.2 Å². The molecule has 114 valence electrons. The Bertz CT molecular complexity index is 270. The van der Waals surface area contributed by atoms with E-state index >= 15 is 0 Å². The van der Waals surface area contributed by atoms with Crippen molar-refractivity contribution >= 4 is 5.91 Å². The van der Waals surface area contributed by atoms with E-state index in [1.807, 2.05) is 13.8 Å². The Morgan fingerprint density at radius 1 is 1.32 bits per heavy atom. The molecule has 0 saturated heterocycles. The van der Waals surface area contributed by atoms with Crippen molar-refractivity contribution in [2.75, 3.05) is 26.2 Å². The summed E-state index contributed by atoms with van der Waals surface area (Å²) < 4.78 is 37.1. The van der Waals surface area contributed by atoms with Gasteiger partial charge in [0.25, 0.3) is 0 Å². The van der Waals surface area contributed by atoms with E-state index in [4.69, 9.17) is 5.11 Å². The average Bonchev–Trinajstić information content (AvgIpc) is 2.25. The second-order valence-corrected chi connectivity index (χ2v) is 4.96. The number of carbonyl (C=O) groups is 1. The third-order valence-electron chi connectivity index (χ3n) is 2.72. The number of carbonyl (C=O) groups excluding carboxylic acids is 1. The van der Waals surface area contributed by atoms with E-state index in [2.05, 4.69) is 5.32 Å². The number of hydrogen-bond acceptors (Lipinski definition) is 3. The van der Waals surface area contributed by atoms with E-state index in [1.165, 1.54) is 6.92 Å². The quantitative estimate of drug-likeness (QED) is 0.708. The van der Waals surface area contributed by atoms with Gasteiger partial charge in [-0.3, -0.25) is 9.69 Å². The van der Waals surface area contributed by atoms with Gasteiger partial charge >= 0.3 is 6.18 Å². The minimum atomic E-state index is -4.39. The van der Waals surface area contributed by atoms with E-state index in [-0.39, 0.29) is 6.54 Å². The Morgan fingerprint density at radius 3 is 2.32 bits per heavy atom. The molecule has 1 amide bonds. The second kappa shape index (κ2) is 8.37. The predicted molar refractivity (Wildman–Crippen MR) is 66.6 cm³/mol. The largest absolute Gasteiger partial charge is 0.401 e. The van der Waals surface area contributed by atoms with Crippen LogP contribution in [-0.2, 0) is 4.79 Å². The van der Waals surface area contributed by atoms with Crippen LogP contribution in [0.25, 0.3) is 0 Å². The number of rotatable bonds is 8. The zero-order valence-electron chi connectivity index (χ0n) is 11.6. The predicted octanol–water partition coefficient (Wildman–Crippen LogP) is 1.39. The van der Waals surface area contributed by atoms with Crippen LogP contribution in [0.15, 0.2) is 0 Å². The van der Waals surface area contributed by atoms with E-state index in [1.54, 1.807) is 0 Å². The zero-order valence-corrected chi connectivity index (χ0v) is 11.6. The molecule has 0 aromatic heterocycles. The molecule has 1 unspecified atom stereocenters. The summed E-state index contributed by atoms with van der Waals surface area (Å²) >= 11 is 0. The molecule has 0 fully saturated rings. The fraction of sp³-hybridized carbons (Fsp3) is 0.917. The van der Waals surface area contributed by atoms with Crippen molar-refractivity contribution in [1.29, 1.82) is 0 Å². The fourth-order valence-electron chi connectivity index (χ4n) is 1.57. The smallest absolute Gasteiger partial charge is 0.395 e. The van der Waals surface area contributed by atoms with Crippen molar-refractivity contribution in [3.8, 4) is 0 Å². The highest BCUT2D eigenvalue weighted by Crippen LogP contribution is 2.17. The lowest BCUT2D eigenvalue weighted by Gasteiger charge is -2.28. The number of nitrogens with one attached hydrogen (secondary N) is 1. The highest BCUT2D eigenvalue weighted by atomic mass is 19.4. The summed E-state index contributed by atoms with van der Waals surface area (Å²) in [5, 5.41) is 11.4. The molecule has 0 aliphatic rings. The molecule has 0 aliphatic heterocycles. The molecule has 0 spiro atoms. The molecule has 19 heavy (non-hydrogen) atoms. The standard InChI is InChI=1S/C12H23F3N2O2/c1-9(2)4-5-16-11(19)10(3)17(6-7-18)8-12(13,14)15/h9-10,18H,4-8H2,1-3H3,(H,16,19). The van der Waals surface area contributed by atoms with Gasteiger partial charge in [-0.05, 0) is 19.3 Å². The van der Waals surface area contributed by atoms with Gasteiger partial charge in [-0.25, -0.2) is 0 Å². The molecule has 0 saturated carbocycles. The molecule has 7 heteroatoms. The van der Waals surface area contributed by atoms with E-state index < -0.39 is 31.3 Å². The number of alkyl halides is 3. The lowest BCUT2D eigenvalue weighted by Crippen LogP contribution is -2.49. The fourth-order valence-corrected chi connectivity index (χ4v) is 1.57. The van der Waals surface area contributed by atoms with E-state index in [0.717, 1.165) is 11.3 Å². The summed E-state index contributed by atoms with van der Waals surface area (Å²) in [6, 6.07) is -0.916. The Balaban J connectivity index is 4.36. The molecule has 1 atom stereocenters. The first-order valence-corrected chi connectivity index (χ1v) is 6.36. The molecule has 0 heterocycles. The first-order valence-electron chi connectivity index (χ1n) is 6.36. The lowest BCUT2D eigenvalue weighted by atomic mass is 10.1. The van der Waals surface area contributed by atoms with Crippen LogP contribution in [0.3, 0.4) is 0 Å². The lowest BCUT2D eigenvalue weighted by molar-refractivity contribution is -0.155. The summed E-state index contributed by atoms with van der Waals surface area (Å²) in [5.74, 6) is -0.0299. The van der Waals surface area contributed by atoms with Crippen molar-refractivity contribution in [2.24, 2.45) is 5.92 Å². The number of aliphatic hydroxyl groups is 1. The highest BCUT2D eigenvalue weighted by Gasteiger charge is 2.34. The molecule has 0 aromatic carbocycles. The van der Waals surface area contributed by atoms with Crippen LogP contribution in [0.1, 0.15) is 27.2 Å². The van der Waals surface area contributed by atoms with Crippen LogP contribution in [0.5, 0.6) is 0 Å². The van der Waals surface area contributed by atoms with Crippen LogP contribution in [0.2, 0.25) is 0 Å². The Hall–Kier alpha value is -0.820. The SMILES string of the molecule is CC(C)CCNC(=O)C(C)N(CCO)CC(F)(F)F. The van der Waals surface area contributed by atoms with Crippen molar-refractivity contribution in [3.63, 3.8) is 0 Å². The number of amides is 1. The van der Waals surface area contributed by atoms with Crippen molar-refractivity contribution in [3.05, 3.63) is 0 Å². The molecule has 0 radical (unpaired) electrons. The molecular formula is C12H23F3N2O2. The first-order chi connectivity index (χ1) is 8.67. The minimum absolute atomic E-state index is 0.182. The van der Waals surface area contributed by atoms with Gasteiger partial charge < -0.3 is 10.4 Å². The first kappa shape index (κ1) is 18.2. The summed E-state index contributed by atoms with van der Waals surface area (Å²) in [6.45, 7) is 4.05. The monoisotopic (exact) mass is 284 g/mol.